The van der Waals surface area contributed by atoms with Gasteiger partial charge in [-0.05, 0) is 42.3 Å². The van der Waals surface area contributed by atoms with Crippen molar-refractivity contribution in [2.24, 2.45) is 0 Å². The fourth-order valence-electron chi connectivity index (χ4n) is 2.83. The van der Waals surface area contributed by atoms with Gasteiger partial charge in [-0.1, -0.05) is 12.1 Å². The number of ether oxygens (including phenoxy) is 2. The minimum Gasteiger partial charge on any atom is -0.493 e. The van der Waals surface area contributed by atoms with Crippen LogP contribution in [0.2, 0.25) is 0 Å². The van der Waals surface area contributed by atoms with Gasteiger partial charge in [0.2, 0.25) is 0 Å². The van der Waals surface area contributed by atoms with E-state index >= 15 is 0 Å². The highest BCUT2D eigenvalue weighted by Crippen LogP contribution is 2.33. The first kappa shape index (κ1) is 20.9. The fraction of sp³-hybridized carbons (Fsp3) is 0.182. The Kier molecular flexibility index (Phi) is 6.69. The van der Waals surface area contributed by atoms with Crippen LogP contribution in [-0.4, -0.2) is 32.6 Å². The number of hydrogen-bond donors (Lipinski definition) is 2. The Morgan fingerprint density at radius 1 is 1.00 bits per heavy atom. The molecule has 2 amide bonds. The van der Waals surface area contributed by atoms with Crippen LogP contribution in [0.25, 0.3) is 0 Å². The number of furan rings is 1. The van der Waals surface area contributed by atoms with Gasteiger partial charge in [-0.25, -0.2) is 4.39 Å². The molecule has 0 saturated heterocycles. The van der Waals surface area contributed by atoms with E-state index in [0.29, 0.717) is 24.5 Å². The summed E-state index contributed by atoms with van der Waals surface area (Å²) in [5.74, 6) is -0.426. The van der Waals surface area contributed by atoms with Crippen molar-refractivity contribution in [2.75, 3.05) is 26.1 Å². The third-order valence-corrected chi connectivity index (χ3v) is 4.37. The minimum atomic E-state index is -0.507. The van der Waals surface area contributed by atoms with Gasteiger partial charge in [-0.2, -0.15) is 0 Å². The van der Waals surface area contributed by atoms with Gasteiger partial charge in [0.05, 0.1) is 31.7 Å². The molecule has 1 aromatic heterocycles. The molecule has 0 atom stereocenters. The standard InChI is InChI=1S/C22H21FN2O5/c1-28-19-12-16(21(26)24-10-9-14-5-7-15(23)8-6-14)17(13-20(19)29-2)25-22(27)18-4-3-11-30-18/h3-8,11-13H,9-10H2,1-2H3,(H,24,26)(H,25,27). The van der Waals surface area contributed by atoms with Gasteiger partial charge >= 0.3 is 0 Å². The molecule has 2 N–H and O–H groups in total. The summed E-state index contributed by atoms with van der Waals surface area (Å²) in [5.41, 5.74) is 1.33. The monoisotopic (exact) mass is 412 g/mol. The van der Waals surface area contributed by atoms with E-state index in [1.54, 1.807) is 18.2 Å². The van der Waals surface area contributed by atoms with Gasteiger partial charge < -0.3 is 24.5 Å². The molecule has 0 bridgehead atoms. The van der Waals surface area contributed by atoms with E-state index in [4.69, 9.17) is 13.9 Å². The first-order valence-electron chi connectivity index (χ1n) is 9.15. The predicted molar refractivity (Wildman–Crippen MR) is 109 cm³/mol. The van der Waals surface area contributed by atoms with Crippen molar-refractivity contribution in [1.82, 2.24) is 5.32 Å². The molecular formula is C22H21FN2O5. The molecule has 0 saturated carbocycles. The number of rotatable bonds is 8. The highest BCUT2D eigenvalue weighted by Gasteiger charge is 2.20. The maximum absolute atomic E-state index is 13.0. The van der Waals surface area contributed by atoms with Gasteiger partial charge in [0.25, 0.3) is 11.8 Å². The summed E-state index contributed by atoms with van der Waals surface area (Å²) in [6.07, 6.45) is 1.90. The second-order valence-electron chi connectivity index (χ2n) is 6.32. The van der Waals surface area contributed by atoms with Crippen LogP contribution in [0.4, 0.5) is 10.1 Å². The first-order chi connectivity index (χ1) is 14.5. The number of benzene rings is 2. The van der Waals surface area contributed by atoms with E-state index in [-0.39, 0.29) is 22.8 Å². The largest absolute Gasteiger partial charge is 0.493 e. The zero-order valence-electron chi connectivity index (χ0n) is 16.5. The molecule has 8 heteroatoms. The zero-order valence-corrected chi connectivity index (χ0v) is 16.5. The summed E-state index contributed by atoms with van der Waals surface area (Å²) in [4.78, 5) is 25.2. The number of hydrogen-bond acceptors (Lipinski definition) is 5. The average molecular weight is 412 g/mol. The van der Waals surface area contributed by atoms with Crippen LogP contribution in [0.5, 0.6) is 11.5 Å². The molecule has 7 nitrogen and oxygen atoms in total. The third kappa shape index (κ3) is 4.96. The molecule has 3 aromatic rings. The Balaban J connectivity index is 1.78. The fourth-order valence-corrected chi connectivity index (χ4v) is 2.83. The van der Waals surface area contributed by atoms with E-state index in [0.717, 1.165) is 5.56 Å². The second kappa shape index (κ2) is 9.60. The normalized spacial score (nSPS) is 10.4. The predicted octanol–water partition coefficient (Wildman–Crippen LogP) is 3.66. The van der Waals surface area contributed by atoms with E-state index in [1.165, 1.54) is 50.8 Å². The lowest BCUT2D eigenvalue weighted by molar-refractivity contribution is 0.0954. The summed E-state index contributed by atoms with van der Waals surface area (Å²) in [5, 5.41) is 5.46. The second-order valence-corrected chi connectivity index (χ2v) is 6.32. The van der Waals surface area contributed by atoms with Crippen molar-refractivity contribution in [1.29, 1.82) is 0 Å². The van der Waals surface area contributed by atoms with Crippen LogP contribution in [-0.2, 0) is 6.42 Å². The molecule has 0 fully saturated rings. The van der Waals surface area contributed by atoms with Crippen LogP contribution in [0, 0.1) is 5.82 Å². The third-order valence-electron chi connectivity index (χ3n) is 4.37. The Morgan fingerprint density at radius 3 is 2.33 bits per heavy atom. The van der Waals surface area contributed by atoms with Crippen LogP contribution in [0.3, 0.4) is 0 Å². The van der Waals surface area contributed by atoms with E-state index < -0.39 is 11.8 Å². The molecular weight excluding hydrogens is 391 g/mol. The van der Waals surface area contributed by atoms with Crippen molar-refractivity contribution in [2.45, 2.75) is 6.42 Å². The van der Waals surface area contributed by atoms with E-state index in [1.807, 2.05) is 0 Å². The van der Waals surface area contributed by atoms with Crippen LogP contribution < -0.4 is 20.1 Å². The number of nitrogens with one attached hydrogen (secondary N) is 2. The number of methoxy groups -OCH3 is 2. The minimum absolute atomic E-state index is 0.104. The van der Waals surface area contributed by atoms with Crippen molar-refractivity contribution in [3.8, 4) is 11.5 Å². The number of halogens is 1. The van der Waals surface area contributed by atoms with Crippen LogP contribution in [0.15, 0.2) is 59.2 Å². The molecule has 3 rings (SSSR count). The number of carbonyl (C=O) groups excluding carboxylic acids is 2. The van der Waals surface area contributed by atoms with Gasteiger partial charge in [0.1, 0.15) is 5.82 Å². The molecule has 0 spiro atoms. The van der Waals surface area contributed by atoms with E-state index in [9.17, 15) is 14.0 Å². The molecule has 1 heterocycles. The molecule has 0 unspecified atom stereocenters. The first-order valence-corrected chi connectivity index (χ1v) is 9.15. The van der Waals surface area contributed by atoms with Crippen molar-refractivity contribution in [3.63, 3.8) is 0 Å². The maximum Gasteiger partial charge on any atom is 0.291 e. The SMILES string of the molecule is COc1cc(NC(=O)c2ccco2)c(C(=O)NCCc2ccc(F)cc2)cc1OC. The molecule has 30 heavy (non-hydrogen) atoms. The zero-order chi connectivity index (χ0) is 21.5. The summed E-state index contributed by atoms with van der Waals surface area (Å²) in [6, 6.07) is 12.2. The Labute approximate surface area is 172 Å². The summed E-state index contributed by atoms with van der Waals surface area (Å²) >= 11 is 0. The van der Waals surface area contributed by atoms with Crippen LogP contribution in [0.1, 0.15) is 26.5 Å². The van der Waals surface area contributed by atoms with Crippen molar-refractivity contribution >= 4 is 17.5 Å². The number of anilines is 1. The lowest BCUT2D eigenvalue weighted by Gasteiger charge is -2.15. The summed E-state index contributed by atoms with van der Waals surface area (Å²) < 4.78 is 28.6. The molecule has 2 aromatic carbocycles. The molecule has 0 aliphatic carbocycles. The smallest absolute Gasteiger partial charge is 0.291 e. The lowest BCUT2D eigenvalue weighted by Crippen LogP contribution is -2.27. The van der Waals surface area contributed by atoms with Crippen molar-refractivity contribution in [3.05, 3.63) is 77.5 Å². The Hall–Kier alpha value is -3.81. The number of amides is 2. The lowest BCUT2D eigenvalue weighted by atomic mass is 10.1. The van der Waals surface area contributed by atoms with Gasteiger partial charge in [0.15, 0.2) is 17.3 Å². The van der Waals surface area contributed by atoms with Crippen LogP contribution >= 0.6 is 0 Å². The molecule has 0 radical (unpaired) electrons. The van der Waals surface area contributed by atoms with Gasteiger partial charge in [-0.3, -0.25) is 9.59 Å². The van der Waals surface area contributed by atoms with Gasteiger partial charge in [-0.15, -0.1) is 0 Å². The maximum atomic E-state index is 13.0. The quantitative estimate of drug-likeness (QED) is 0.589. The molecule has 156 valence electrons. The molecule has 0 aliphatic heterocycles. The highest BCUT2D eigenvalue weighted by molar-refractivity contribution is 6.08. The average Bonchev–Trinajstić information content (AvgIpc) is 3.30. The summed E-state index contributed by atoms with van der Waals surface area (Å²) in [7, 11) is 2.91. The Bertz CT molecular complexity index is 1020. The van der Waals surface area contributed by atoms with Crippen molar-refractivity contribution < 1.29 is 27.9 Å². The van der Waals surface area contributed by atoms with Gasteiger partial charge in [0, 0.05) is 12.6 Å². The summed E-state index contributed by atoms with van der Waals surface area (Å²) in [6.45, 7) is 0.324. The Morgan fingerprint density at radius 2 is 1.70 bits per heavy atom. The molecule has 0 aliphatic rings. The van der Waals surface area contributed by atoms with E-state index in [2.05, 4.69) is 10.6 Å². The highest BCUT2D eigenvalue weighted by atomic mass is 19.1. The topological polar surface area (TPSA) is 89.8 Å². The number of carbonyl (C=O) groups is 2.